The van der Waals surface area contributed by atoms with Gasteiger partial charge in [0.25, 0.3) is 15.9 Å². The number of amides is 1. The number of ether oxygens (including phenoxy) is 3. The second kappa shape index (κ2) is 10.9. The van der Waals surface area contributed by atoms with Crippen LogP contribution in [0.2, 0.25) is 0 Å². The summed E-state index contributed by atoms with van der Waals surface area (Å²) in [6.45, 7) is 5.08. The van der Waals surface area contributed by atoms with Crippen LogP contribution in [0.5, 0.6) is 17.2 Å². The normalized spacial score (nSPS) is 13.0. The smallest absolute Gasteiger partial charge is 0.264 e. The van der Waals surface area contributed by atoms with E-state index in [2.05, 4.69) is 5.32 Å². The predicted molar refractivity (Wildman–Crippen MR) is 139 cm³/mol. The van der Waals surface area contributed by atoms with E-state index >= 15 is 0 Å². The molecule has 1 amide bonds. The van der Waals surface area contributed by atoms with E-state index in [0.717, 1.165) is 5.56 Å². The van der Waals surface area contributed by atoms with Crippen LogP contribution in [0.15, 0.2) is 65.6 Å². The van der Waals surface area contributed by atoms with Crippen LogP contribution in [0.4, 0.5) is 11.4 Å². The number of hydrogen-bond donors (Lipinski definition) is 1. The molecule has 0 unspecified atom stereocenters. The van der Waals surface area contributed by atoms with Gasteiger partial charge < -0.3 is 19.5 Å². The third-order valence-electron chi connectivity index (χ3n) is 5.87. The Bertz CT molecular complexity index is 1340. The van der Waals surface area contributed by atoms with Crippen molar-refractivity contribution in [1.29, 1.82) is 0 Å². The maximum absolute atomic E-state index is 13.3. The highest BCUT2D eigenvalue weighted by molar-refractivity contribution is 7.92. The van der Waals surface area contributed by atoms with Crippen molar-refractivity contribution >= 4 is 27.3 Å². The van der Waals surface area contributed by atoms with Gasteiger partial charge in [-0.15, -0.1) is 0 Å². The summed E-state index contributed by atoms with van der Waals surface area (Å²) in [6.07, 6.45) is 1.39. The minimum Gasteiger partial charge on any atom is -0.497 e. The van der Waals surface area contributed by atoms with E-state index in [4.69, 9.17) is 14.2 Å². The van der Waals surface area contributed by atoms with Crippen molar-refractivity contribution in [2.24, 2.45) is 0 Å². The second-order valence-electron chi connectivity index (χ2n) is 8.18. The number of methoxy groups -OCH3 is 1. The molecule has 8 nitrogen and oxygen atoms in total. The molecule has 0 atom stereocenters. The number of aryl methyl sites for hydroxylation is 1. The SMILES string of the molecule is CCOc1ccc(C(=O)Nc2ccc3c(c2)CCCN3S(=O)(=O)c2ccc(OC)cc2)cc1OCC. The van der Waals surface area contributed by atoms with Gasteiger partial charge in [0.1, 0.15) is 5.75 Å². The minimum absolute atomic E-state index is 0.203. The molecular weight excluding hydrogens is 480 g/mol. The van der Waals surface area contributed by atoms with Crippen molar-refractivity contribution in [3.8, 4) is 17.2 Å². The molecule has 1 N–H and O–H groups in total. The molecule has 3 aromatic rings. The molecule has 0 bridgehead atoms. The molecule has 0 saturated carbocycles. The van der Waals surface area contributed by atoms with E-state index in [1.54, 1.807) is 54.6 Å². The fourth-order valence-corrected chi connectivity index (χ4v) is 5.70. The number of nitrogens with zero attached hydrogens (tertiary/aromatic N) is 1. The Labute approximate surface area is 211 Å². The van der Waals surface area contributed by atoms with Gasteiger partial charge in [-0.1, -0.05) is 0 Å². The van der Waals surface area contributed by atoms with Gasteiger partial charge in [-0.3, -0.25) is 9.10 Å². The Hall–Kier alpha value is -3.72. The average Bonchev–Trinajstić information content (AvgIpc) is 2.89. The molecule has 1 heterocycles. The molecule has 0 aliphatic carbocycles. The Morgan fingerprint density at radius 3 is 2.36 bits per heavy atom. The van der Waals surface area contributed by atoms with Gasteiger partial charge in [0.15, 0.2) is 11.5 Å². The standard InChI is InChI=1S/C27H30N2O6S/c1-4-34-25-15-8-20(18-26(25)35-5-2)27(30)28-21-9-14-24-19(17-21)7-6-16-29(24)36(31,32)23-12-10-22(33-3)11-13-23/h8-15,17-18H,4-7,16H2,1-3H3,(H,28,30). The van der Waals surface area contributed by atoms with Crippen LogP contribution < -0.4 is 23.8 Å². The number of hydrogen-bond acceptors (Lipinski definition) is 6. The highest BCUT2D eigenvalue weighted by Gasteiger charge is 2.29. The summed E-state index contributed by atoms with van der Waals surface area (Å²) in [6, 6.07) is 16.7. The van der Waals surface area contributed by atoms with Crippen molar-refractivity contribution in [3.05, 3.63) is 71.8 Å². The number of fused-ring (bicyclic) bond motifs is 1. The molecule has 0 fully saturated rings. The van der Waals surface area contributed by atoms with Crippen molar-refractivity contribution in [3.63, 3.8) is 0 Å². The maximum Gasteiger partial charge on any atom is 0.264 e. The summed E-state index contributed by atoms with van der Waals surface area (Å²) in [7, 11) is -2.20. The molecule has 3 aromatic carbocycles. The number of sulfonamides is 1. The highest BCUT2D eigenvalue weighted by Crippen LogP contribution is 2.34. The van der Waals surface area contributed by atoms with Crippen molar-refractivity contribution in [1.82, 2.24) is 0 Å². The fourth-order valence-electron chi connectivity index (χ4n) is 4.16. The van der Waals surface area contributed by atoms with Crippen LogP contribution in [0.3, 0.4) is 0 Å². The summed E-state index contributed by atoms with van der Waals surface area (Å²) in [5, 5.41) is 2.91. The van der Waals surface area contributed by atoms with E-state index in [1.165, 1.54) is 11.4 Å². The number of carbonyl (C=O) groups is 1. The van der Waals surface area contributed by atoms with E-state index in [1.807, 2.05) is 19.9 Å². The van der Waals surface area contributed by atoms with E-state index in [9.17, 15) is 13.2 Å². The zero-order valence-corrected chi connectivity index (χ0v) is 21.4. The number of anilines is 2. The topological polar surface area (TPSA) is 94.2 Å². The minimum atomic E-state index is -3.73. The van der Waals surface area contributed by atoms with Crippen LogP contribution >= 0.6 is 0 Å². The summed E-state index contributed by atoms with van der Waals surface area (Å²) in [5.74, 6) is 1.39. The van der Waals surface area contributed by atoms with Crippen LogP contribution in [0, 0.1) is 0 Å². The van der Waals surface area contributed by atoms with Crippen molar-refractivity contribution in [2.45, 2.75) is 31.6 Å². The highest BCUT2D eigenvalue weighted by atomic mass is 32.2. The van der Waals surface area contributed by atoms with Crippen LogP contribution in [-0.2, 0) is 16.4 Å². The van der Waals surface area contributed by atoms with Crippen molar-refractivity contribution in [2.75, 3.05) is 36.5 Å². The number of rotatable bonds is 9. The first-order chi connectivity index (χ1) is 17.4. The number of nitrogens with one attached hydrogen (secondary N) is 1. The van der Waals surface area contributed by atoms with Gasteiger partial charge in [-0.2, -0.15) is 0 Å². The van der Waals surface area contributed by atoms with E-state index < -0.39 is 10.0 Å². The maximum atomic E-state index is 13.3. The molecule has 36 heavy (non-hydrogen) atoms. The van der Waals surface area contributed by atoms with Gasteiger partial charge >= 0.3 is 0 Å². The monoisotopic (exact) mass is 510 g/mol. The lowest BCUT2D eigenvalue weighted by Crippen LogP contribution is -2.35. The summed E-state index contributed by atoms with van der Waals surface area (Å²) in [5.41, 5.74) is 2.50. The Morgan fingerprint density at radius 1 is 0.944 bits per heavy atom. The summed E-state index contributed by atoms with van der Waals surface area (Å²) >= 11 is 0. The van der Waals surface area contributed by atoms with Gasteiger partial charge in [0.2, 0.25) is 0 Å². The Kier molecular flexibility index (Phi) is 7.69. The summed E-state index contributed by atoms with van der Waals surface area (Å²) < 4.78 is 44.5. The lowest BCUT2D eigenvalue weighted by Gasteiger charge is -2.31. The molecular formula is C27H30N2O6S. The molecule has 190 valence electrons. The predicted octanol–water partition coefficient (Wildman–Crippen LogP) is 4.89. The van der Waals surface area contributed by atoms with Crippen LogP contribution in [0.1, 0.15) is 36.2 Å². The van der Waals surface area contributed by atoms with Crippen molar-refractivity contribution < 1.29 is 27.4 Å². The molecule has 4 rings (SSSR count). The third-order valence-corrected chi connectivity index (χ3v) is 7.69. The zero-order chi connectivity index (χ0) is 25.7. The van der Waals surface area contributed by atoms with E-state index in [-0.39, 0.29) is 10.8 Å². The zero-order valence-electron chi connectivity index (χ0n) is 20.6. The second-order valence-corrected chi connectivity index (χ2v) is 10.0. The molecule has 1 aliphatic rings. The van der Waals surface area contributed by atoms with Crippen LogP contribution in [-0.4, -0.2) is 41.2 Å². The molecule has 0 radical (unpaired) electrons. The first kappa shape index (κ1) is 25.4. The number of carbonyl (C=O) groups excluding carboxylic acids is 1. The third kappa shape index (κ3) is 5.26. The van der Waals surface area contributed by atoms with Gasteiger partial charge in [0.05, 0.1) is 30.9 Å². The number of benzene rings is 3. The van der Waals surface area contributed by atoms with Gasteiger partial charge in [-0.25, -0.2) is 8.42 Å². The van der Waals surface area contributed by atoms with Crippen LogP contribution in [0.25, 0.3) is 0 Å². The quantitative estimate of drug-likeness (QED) is 0.441. The Morgan fingerprint density at radius 2 is 1.67 bits per heavy atom. The molecule has 0 spiro atoms. The largest absolute Gasteiger partial charge is 0.497 e. The molecule has 0 aromatic heterocycles. The molecule has 9 heteroatoms. The average molecular weight is 511 g/mol. The van der Waals surface area contributed by atoms with Gasteiger partial charge in [-0.05, 0) is 92.9 Å². The first-order valence-electron chi connectivity index (χ1n) is 11.9. The first-order valence-corrected chi connectivity index (χ1v) is 13.3. The summed E-state index contributed by atoms with van der Waals surface area (Å²) in [4.78, 5) is 13.1. The van der Waals surface area contributed by atoms with Gasteiger partial charge in [0, 0.05) is 17.8 Å². The lowest BCUT2D eigenvalue weighted by atomic mass is 10.0. The fraction of sp³-hybridized carbons (Fsp3) is 0.296. The molecule has 1 aliphatic heterocycles. The van der Waals surface area contributed by atoms with E-state index in [0.29, 0.717) is 66.8 Å². The molecule has 0 saturated heterocycles. The Balaban J connectivity index is 1.56. The lowest BCUT2D eigenvalue weighted by molar-refractivity contribution is 0.102.